The first-order chi connectivity index (χ1) is 10.9. The van der Waals surface area contributed by atoms with Crippen molar-refractivity contribution in [2.24, 2.45) is 0 Å². The summed E-state index contributed by atoms with van der Waals surface area (Å²) < 4.78 is 0. The molecular formula is C23H24. The normalized spacial score (nSPS) is 11.5. The van der Waals surface area contributed by atoms with E-state index in [2.05, 4.69) is 100 Å². The van der Waals surface area contributed by atoms with E-state index in [0.717, 1.165) is 0 Å². The van der Waals surface area contributed by atoms with Crippen LogP contribution in [0.4, 0.5) is 0 Å². The van der Waals surface area contributed by atoms with Gasteiger partial charge in [-0.05, 0) is 40.2 Å². The summed E-state index contributed by atoms with van der Waals surface area (Å²) in [7, 11) is 0. The molecule has 0 N–H and O–H groups in total. The standard InChI is InChI=1S/C23H24/c1-17-7-5-8-20(15-17)18-11-13-19(14-12-18)21-9-6-10-22(16-21)23(2,3)4/h5-16H,1-4H3. The van der Waals surface area contributed by atoms with Gasteiger partial charge in [0.25, 0.3) is 0 Å². The zero-order valence-electron chi connectivity index (χ0n) is 14.4. The van der Waals surface area contributed by atoms with Gasteiger partial charge in [0, 0.05) is 0 Å². The van der Waals surface area contributed by atoms with Gasteiger partial charge in [-0.2, -0.15) is 0 Å². The fourth-order valence-electron chi connectivity index (χ4n) is 2.85. The summed E-state index contributed by atoms with van der Waals surface area (Å²) in [6.45, 7) is 8.91. The molecule has 3 rings (SSSR count). The number of hydrogen-bond donors (Lipinski definition) is 0. The first-order valence-electron chi connectivity index (χ1n) is 8.21. The number of hydrogen-bond acceptors (Lipinski definition) is 0. The Morgan fingerprint density at radius 3 is 1.61 bits per heavy atom. The second-order valence-corrected chi connectivity index (χ2v) is 7.28. The van der Waals surface area contributed by atoms with Crippen molar-refractivity contribution < 1.29 is 0 Å². The molecule has 0 aliphatic carbocycles. The van der Waals surface area contributed by atoms with Gasteiger partial charge in [0.05, 0.1) is 0 Å². The van der Waals surface area contributed by atoms with Crippen molar-refractivity contribution in [1.82, 2.24) is 0 Å². The summed E-state index contributed by atoms with van der Waals surface area (Å²) in [5.74, 6) is 0. The molecule has 0 saturated carbocycles. The third-order valence-electron chi connectivity index (χ3n) is 4.30. The largest absolute Gasteiger partial charge is 0.0614 e. The van der Waals surface area contributed by atoms with Gasteiger partial charge in [0.15, 0.2) is 0 Å². The minimum atomic E-state index is 0.178. The summed E-state index contributed by atoms with van der Waals surface area (Å²) in [5.41, 5.74) is 7.95. The molecule has 0 saturated heterocycles. The summed E-state index contributed by atoms with van der Waals surface area (Å²) in [6, 6.07) is 26.4. The van der Waals surface area contributed by atoms with Crippen LogP contribution in [0.15, 0.2) is 72.8 Å². The molecule has 0 aromatic heterocycles. The van der Waals surface area contributed by atoms with Gasteiger partial charge < -0.3 is 0 Å². The highest BCUT2D eigenvalue weighted by Crippen LogP contribution is 2.29. The van der Waals surface area contributed by atoms with Gasteiger partial charge in [-0.1, -0.05) is 99.1 Å². The molecule has 0 aliphatic heterocycles. The molecule has 0 bridgehead atoms. The molecule has 0 fully saturated rings. The molecule has 0 nitrogen and oxygen atoms in total. The molecule has 0 radical (unpaired) electrons. The van der Waals surface area contributed by atoms with E-state index in [-0.39, 0.29) is 5.41 Å². The lowest BCUT2D eigenvalue weighted by atomic mass is 9.85. The minimum absolute atomic E-state index is 0.178. The van der Waals surface area contributed by atoms with Crippen LogP contribution in [0.5, 0.6) is 0 Å². The lowest BCUT2D eigenvalue weighted by Crippen LogP contribution is -2.10. The maximum atomic E-state index is 2.31. The Labute approximate surface area is 139 Å². The summed E-state index contributed by atoms with van der Waals surface area (Å²) in [6.07, 6.45) is 0. The highest BCUT2D eigenvalue weighted by atomic mass is 14.2. The predicted octanol–water partition coefficient (Wildman–Crippen LogP) is 6.63. The molecule has 0 atom stereocenters. The fraction of sp³-hybridized carbons (Fsp3) is 0.217. The first kappa shape index (κ1) is 15.6. The molecule has 3 aromatic carbocycles. The highest BCUT2D eigenvalue weighted by molar-refractivity contribution is 5.71. The molecule has 0 unspecified atom stereocenters. The van der Waals surface area contributed by atoms with Gasteiger partial charge in [0.1, 0.15) is 0 Å². The quantitative estimate of drug-likeness (QED) is 0.498. The van der Waals surface area contributed by atoms with Crippen LogP contribution in [0.2, 0.25) is 0 Å². The summed E-state index contributed by atoms with van der Waals surface area (Å²) >= 11 is 0. The van der Waals surface area contributed by atoms with Crippen molar-refractivity contribution in [2.75, 3.05) is 0 Å². The van der Waals surface area contributed by atoms with Crippen molar-refractivity contribution in [1.29, 1.82) is 0 Å². The lowest BCUT2D eigenvalue weighted by Gasteiger charge is -2.19. The van der Waals surface area contributed by atoms with Crippen molar-refractivity contribution in [3.05, 3.63) is 83.9 Å². The van der Waals surface area contributed by atoms with Crippen LogP contribution >= 0.6 is 0 Å². The molecule has 116 valence electrons. The van der Waals surface area contributed by atoms with Gasteiger partial charge in [-0.15, -0.1) is 0 Å². The van der Waals surface area contributed by atoms with Gasteiger partial charge >= 0.3 is 0 Å². The van der Waals surface area contributed by atoms with Crippen LogP contribution in [0.25, 0.3) is 22.3 Å². The van der Waals surface area contributed by atoms with Crippen LogP contribution < -0.4 is 0 Å². The third kappa shape index (κ3) is 3.53. The van der Waals surface area contributed by atoms with Crippen LogP contribution in [-0.4, -0.2) is 0 Å². The van der Waals surface area contributed by atoms with Crippen molar-refractivity contribution in [3.8, 4) is 22.3 Å². The molecule has 0 heterocycles. The summed E-state index contributed by atoms with van der Waals surface area (Å²) in [4.78, 5) is 0. The monoisotopic (exact) mass is 300 g/mol. The zero-order chi connectivity index (χ0) is 16.4. The Hall–Kier alpha value is -2.34. The molecule has 0 aliphatic rings. The van der Waals surface area contributed by atoms with Gasteiger partial charge in [0.2, 0.25) is 0 Å². The van der Waals surface area contributed by atoms with E-state index < -0.39 is 0 Å². The highest BCUT2D eigenvalue weighted by Gasteiger charge is 2.13. The van der Waals surface area contributed by atoms with Gasteiger partial charge in [-0.3, -0.25) is 0 Å². The molecule has 0 spiro atoms. The Balaban J connectivity index is 1.94. The first-order valence-corrected chi connectivity index (χ1v) is 8.21. The lowest BCUT2D eigenvalue weighted by molar-refractivity contribution is 0.590. The van der Waals surface area contributed by atoms with Crippen LogP contribution in [0, 0.1) is 6.92 Å². The molecule has 0 heteroatoms. The number of aryl methyl sites for hydroxylation is 1. The fourth-order valence-corrected chi connectivity index (χ4v) is 2.85. The minimum Gasteiger partial charge on any atom is -0.0614 e. The zero-order valence-corrected chi connectivity index (χ0v) is 14.4. The van der Waals surface area contributed by atoms with Crippen molar-refractivity contribution in [2.45, 2.75) is 33.1 Å². The van der Waals surface area contributed by atoms with E-state index in [1.54, 1.807) is 0 Å². The number of benzene rings is 3. The average molecular weight is 300 g/mol. The molecule has 3 aromatic rings. The second-order valence-electron chi connectivity index (χ2n) is 7.28. The Bertz CT molecular complexity index is 802. The van der Waals surface area contributed by atoms with Crippen molar-refractivity contribution >= 4 is 0 Å². The van der Waals surface area contributed by atoms with Gasteiger partial charge in [-0.25, -0.2) is 0 Å². The molecule has 23 heavy (non-hydrogen) atoms. The third-order valence-corrected chi connectivity index (χ3v) is 4.30. The molecule has 0 amide bonds. The average Bonchev–Trinajstić information content (AvgIpc) is 2.54. The van der Waals surface area contributed by atoms with Crippen LogP contribution in [0.3, 0.4) is 0 Å². The van der Waals surface area contributed by atoms with E-state index in [1.165, 1.54) is 33.4 Å². The maximum absolute atomic E-state index is 2.31. The Kier molecular flexibility index (Phi) is 4.09. The maximum Gasteiger partial charge on any atom is -0.0132 e. The van der Waals surface area contributed by atoms with Crippen LogP contribution in [-0.2, 0) is 5.41 Å². The SMILES string of the molecule is Cc1cccc(-c2ccc(-c3cccc(C(C)(C)C)c3)cc2)c1. The smallest absolute Gasteiger partial charge is 0.0132 e. The Morgan fingerprint density at radius 1 is 0.565 bits per heavy atom. The van der Waals surface area contributed by atoms with E-state index >= 15 is 0 Å². The van der Waals surface area contributed by atoms with E-state index in [0.29, 0.717) is 0 Å². The van der Waals surface area contributed by atoms with E-state index in [9.17, 15) is 0 Å². The topological polar surface area (TPSA) is 0 Å². The predicted molar refractivity (Wildman–Crippen MR) is 101 cm³/mol. The van der Waals surface area contributed by atoms with E-state index in [1.807, 2.05) is 0 Å². The van der Waals surface area contributed by atoms with Crippen molar-refractivity contribution in [3.63, 3.8) is 0 Å². The molecular weight excluding hydrogens is 276 g/mol. The Morgan fingerprint density at radius 2 is 1.09 bits per heavy atom. The summed E-state index contributed by atoms with van der Waals surface area (Å²) in [5, 5.41) is 0. The number of rotatable bonds is 2. The second kappa shape index (κ2) is 6.04. The van der Waals surface area contributed by atoms with E-state index in [4.69, 9.17) is 0 Å². The van der Waals surface area contributed by atoms with Crippen LogP contribution in [0.1, 0.15) is 31.9 Å².